The molecule has 1 atom stereocenters. The molecule has 0 bridgehead atoms. The molecule has 0 spiro atoms. The zero-order chi connectivity index (χ0) is 17.8. The zero-order valence-electron chi connectivity index (χ0n) is 15.0. The molecule has 0 aromatic carbocycles. The molecule has 26 heavy (non-hydrogen) atoms. The highest BCUT2D eigenvalue weighted by atomic mass is 32.1. The summed E-state index contributed by atoms with van der Waals surface area (Å²) in [5.41, 5.74) is 0. The second-order valence-corrected chi connectivity index (χ2v) is 8.05. The van der Waals surface area contributed by atoms with Gasteiger partial charge in [-0.15, -0.1) is 11.3 Å². The molecule has 2 aromatic heterocycles. The van der Waals surface area contributed by atoms with E-state index in [2.05, 4.69) is 42.2 Å². The quantitative estimate of drug-likeness (QED) is 0.824. The van der Waals surface area contributed by atoms with Crippen molar-refractivity contribution in [2.75, 3.05) is 44.2 Å². The summed E-state index contributed by atoms with van der Waals surface area (Å²) < 4.78 is 0. The largest absolute Gasteiger partial charge is 0.340 e. The van der Waals surface area contributed by atoms with Gasteiger partial charge in [-0.3, -0.25) is 9.69 Å². The molecule has 4 heterocycles. The van der Waals surface area contributed by atoms with E-state index in [1.807, 2.05) is 6.07 Å². The first-order valence-electron chi connectivity index (χ1n) is 9.35. The molecule has 0 saturated carbocycles. The van der Waals surface area contributed by atoms with Crippen LogP contribution in [0.3, 0.4) is 0 Å². The van der Waals surface area contributed by atoms with Crippen molar-refractivity contribution in [2.45, 2.75) is 19.4 Å². The Labute approximate surface area is 158 Å². The third-order valence-corrected chi connectivity index (χ3v) is 6.11. The van der Waals surface area contributed by atoms with Crippen LogP contribution in [0.25, 0.3) is 0 Å². The van der Waals surface area contributed by atoms with E-state index >= 15 is 0 Å². The maximum atomic E-state index is 13.0. The Morgan fingerprint density at radius 1 is 1.12 bits per heavy atom. The number of piperidine rings is 1. The maximum absolute atomic E-state index is 13.0. The molecule has 0 N–H and O–H groups in total. The van der Waals surface area contributed by atoms with E-state index in [-0.39, 0.29) is 5.92 Å². The van der Waals surface area contributed by atoms with Crippen molar-refractivity contribution in [3.8, 4) is 0 Å². The summed E-state index contributed by atoms with van der Waals surface area (Å²) in [6.45, 7) is 6.26. The summed E-state index contributed by atoms with van der Waals surface area (Å²) >= 11 is 1.80. The molecule has 2 aromatic rings. The smallest absolute Gasteiger partial charge is 0.227 e. The average Bonchev–Trinajstić information content (AvgIpc) is 3.22. The molecule has 2 saturated heterocycles. The van der Waals surface area contributed by atoms with Gasteiger partial charge in [-0.05, 0) is 30.4 Å². The third kappa shape index (κ3) is 4.04. The van der Waals surface area contributed by atoms with Gasteiger partial charge in [0, 0.05) is 63.1 Å². The molecule has 138 valence electrons. The van der Waals surface area contributed by atoms with Gasteiger partial charge in [0.05, 0.1) is 5.92 Å². The first-order chi connectivity index (χ1) is 12.8. The maximum Gasteiger partial charge on any atom is 0.227 e. The Hall–Kier alpha value is -1.99. The normalized spacial score (nSPS) is 21.8. The molecule has 7 heteroatoms. The fraction of sp³-hybridized carbons (Fsp3) is 0.526. The van der Waals surface area contributed by atoms with Crippen molar-refractivity contribution in [3.63, 3.8) is 0 Å². The molecule has 1 amide bonds. The number of nitrogens with zero attached hydrogens (tertiary/aromatic N) is 5. The minimum absolute atomic E-state index is 0.0661. The fourth-order valence-electron chi connectivity index (χ4n) is 3.82. The van der Waals surface area contributed by atoms with Gasteiger partial charge in [-0.2, -0.15) is 0 Å². The van der Waals surface area contributed by atoms with Gasteiger partial charge < -0.3 is 9.80 Å². The van der Waals surface area contributed by atoms with Gasteiger partial charge in [0.1, 0.15) is 0 Å². The first-order valence-corrected chi connectivity index (χ1v) is 10.2. The number of carbonyl (C=O) groups excluding carboxylic acids is 1. The van der Waals surface area contributed by atoms with Crippen LogP contribution < -0.4 is 4.90 Å². The van der Waals surface area contributed by atoms with E-state index in [1.54, 1.807) is 23.7 Å². The first kappa shape index (κ1) is 17.4. The minimum atomic E-state index is 0.0661. The van der Waals surface area contributed by atoms with E-state index in [0.29, 0.717) is 5.91 Å². The summed E-state index contributed by atoms with van der Waals surface area (Å²) in [6, 6.07) is 6.11. The van der Waals surface area contributed by atoms with Crippen molar-refractivity contribution in [1.29, 1.82) is 0 Å². The summed E-state index contributed by atoms with van der Waals surface area (Å²) in [5, 5.41) is 2.13. The van der Waals surface area contributed by atoms with Gasteiger partial charge in [-0.25, -0.2) is 9.97 Å². The summed E-state index contributed by atoms with van der Waals surface area (Å²) in [5.74, 6) is 1.11. The van der Waals surface area contributed by atoms with E-state index in [1.165, 1.54) is 4.88 Å². The van der Waals surface area contributed by atoms with Crippen molar-refractivity contribution < 1.29 is 4.79 Å². The van der Waals surface area contributed by atoms with Crippen molar-refractivity contribution in [2.24, 2.45) is 5.92 Å². The Bertz CT molecular complexity index is 700. The number of hydrogen-bond donors (Lipinski definition) is 0. The molecule has 4 rings (SSSR count). The topological polar surface area (TPSA) is 52.6 Å². The van der Waals surface area contributed by atoms with Gasteiger partial charge in [0.2, 0.25) is 11.9 Å². The van der Waals surface area contributed by atoms with Crippen LogP contribution in [-0.2, 0) is 11.3 Å². The van der Waals surface area contributed by atoms with Crippen LogP contribution in [0.15, 0.2) is 36.0 Å². The summed E-state index contributed by atoms with van der Waals surface area (Å²) in [6.07, 6.45) is 5.52. The Kier molecular flexibility index (Phi) is 5.45. The van der Waals surface area contributed by atoms with Crippen LogP contribution >= 0.6 is 11.3 Å². The van der Waals surface area contributed by atoms with Crippen molar-refractivity contribution in [1.82, 2.24) is 19.8 Å². The molecule has 0 radical (unpaired) electrons. The molecule has 2 aliphatic rings. The van der Waals surface area contributed by atoms with Crippen LogP contribution in [0.1, 0.15) is 17.7 Å². The van der Waals surface area contributed by atoms with Gasteiger partial charge >= 0.3 is 0 Å². The van der Waals surface area contributed by atoms with Crippen molar-refractivity contribution >= 4 is 23.2 Å². The number of carbonyl (C=O) groups is 1. The average molecular weight is 372 g/mol. The molecular formula is C19H25N5OS. The van der Waals surface area contributed by atoms with E-state index < -0.39 is 0 Å². The van der Waals surface area contributed by atoms with E-state index in [0.717, 1.165) is 64.6 Å². The lowest BCUT2D eigenvalue weighted by atomic mass is 9.96. The van der Waals surface area contributed by atoms with E-state index in [4.69, 9.17) is 0 Å². The third-order valence-electron chi connectivity index (χ3n) is 5.25. The molecular weight excluding hydrogens is 346 g/mol. The Balaban J connectivity index is 1.30. The predicted molar refractivity (Wildman–Crippen MR) is 103 cm³/mol. The fourth-order valence-corrected chi connectivity index (χ4v) is 4.57. The van der Waals surface area contributed by atoms with Gasteiger partial charge in [-0.1, -0.05) is 6.07 Å². The van der Waals surface area contributed by atoms with Crippen LogP contribution in [0.2, 0.25) is 0 Å². The van der Waals surface area contributed by atoms with E-state index in [9.17, 15) is 4.79 Å². The molecule has 2 aliphatic heterocycles. The molecule has 1 unspecified atom stereocenters. The number of anilines is 1. The lowest BCUT2D eigenvalue weighted by Gasteiger charge is -2.39. The van der Waals surface area contributed by atoms with Crippen LogP contribution in [0, 0.1) is 5.92 Å². The summed E-state index contributed by atoms with van der Waals surface area (Å²) in [4.78, 5) is 29.7. The van der Waals surface area contributed by atoms with Gasteiger partial charge in [0.15, 0.2) is 0 Å². The molecule has 2 fully saturated rings. The van der Waals surface area contributed by atoms with Crippen LogP contribution in [0.4, 0.5) is 5.95 Å². The SMILES string of the molecule is O=C(C1CCCN(c2ncccn2)C1)N1CCN(Cc2cccs2)CC1. The number of rotatable bonds is 4. The lowest BCUT2D eigenvalue weighted by molar-refractivity contribution is -0.137. The lowest BCUT2D eigenvalue weighted by Crippen LogP contribution is -2.52. The number of aromatic nitrogens is 2. The molecule has 6 nitrogen and oxygen atoms in total. The predicted octanol–water partition coefficient (Wildman–Crippen LogP) is 2.10. The van der Waals surface area contributed by atoms with Crippen LogP contribution in [0.5, 0.6) is 0 Å². The Morgan fingerprint density at radius 2 is 1.92 bits per heavy atom. The number of piperazine rings is 1. The zero-order valence-corrected chi connectivity index (χ0v) is 15.8. The number of hydrogen-bond acceptors (Lipinski definition) is 6. The standard InChI is InChI=1S/C19H25N5OS/c25-18(16-4-1-8-24(14-16)19-20-6-3-7-21-19)23-11-9-22(10-12-23)15-17-5-2-13-26-17/h2-3,5-7,13,16H,1,4,8-12,14-15H2. The molecule has 0 aliphatic carbocycles. The summed E-state index contributed by atoms with van der Waals surface area (Å²) in [7, 11) is 0. The van der Waals surface area contributed by atoms with Crippen LogP contribution in [-0.4, -0.2) is 64.9 Å². The Morgan fingerprint density at radius 3 is 2.65 bits per heavy atom. The highest BCUT2D eigenvalue weighted by molar-refractivity contribution is 7.09. The number of thiophene rings is 1. The second-order valence-electron chi connectivity index (χ2n) is 7.01. The highest BCUT2D eigenvalue weighted by Gasteiger charge is 2.31. The monoisotopic (exact) mass is 371 g/mol. The van der Waals surface area contributed by atoms with Gasteiger partial charge in [0.25, 0.3) is 0 Å². The highest BCUT2D eigenvalue weighted by Crippen LogP contribution is 2.23. The number of amides is 1. The van der Waals surface area contributed by atoms with Crippen molar-refractivity contribution in [3.05, 3.63) is 40.8 Å². The second kappa shape index (κ2) is 8.14. The minimum Gasteiger partial charge on any atom is -0.340 e.